The SMILES string of the molecule is CCCn1nccc1CNC1CCCCC1C(F)(F)F. The van der Waals surface area contributed by atoms with Gasteiger partial charge in [0.25, 0.3) is 0 Å². The smallest absolute Gasteiger partial charge is 0.308 e. The van der Waals surface area contributed by atoms with Gasteiger partial charge in [-0.15, -0.1) is 0 Å². The van der Waals surface area contributed by atoms with E-state index in [2.05, 4.69) is 17.3 Å². The average Bonchev–Trinajstić information content (AvgIpc) is 2.83. The topological polar surface area (TPSA) is 29.9 Å². The molecule has 2 atom stereocenters. The summed E-state index contributed by atoms with van der Waals surface area (Å²) in [6.07, 6.45) is 0.968. The fourth-order valence-corrected chi connectivity index (χ4v) is 2.93. The summed E-state index contributed by atoms with van der Waals surface area (Å²) in [6.45, 7) is 3.31. The third-order valence-electron chi connectivity index (χ3n) is 3.97. The van der Waals surface area contributed by atoms with Crippen molar-refractivity contribution in [3.05, 3.63) is 18.0 Å². The normalized spacial score (nSPS) is 24.0. The van der Waals surface area contributed by atoms with Crippen molar-refractivity contribution < 1.29 is 13.2 Å². The second-order valence-corrected chi connectivity index (χ2v) is 5.47. The van der Waals surface area contributed by atoms with E-state index in [1.54, 1.807) is 6.20 Å². The number of hydrogen-bond acceptors (Lipinski definition) is 2. The molecule has 0 spiro atoms. The van der Waals surface area contributed by atoms with Crippen LogP contribution in [0.2, 0.25) is 0 Å². The van der Waals surface area contributed by atoms with Crippen LogP contribution in [0.3, 0.4) is 0 Å². The van der Waals surface area contributed by atoms with Crippen LogP contribution >= 0.6 is 0 Å². The summed E-state index contributed by atoms with van der Waals surface area (Å²) in [5.74, 6) is -1.21. The van der Waals surface area contributed by atoms with Crippen molar-refractivity contribution in [2.45, 2.75) is 64.3 Å². The van der Waals surface area contributed by atoms with Gasteiger partial charge in [0, 0.05) is 25.3 Å². The van der Waals surface area contributed by atoms with E-state index < -0.39 is 18.1 Å². The van der Waals surface area contributed by atoms with Gasteiger partial charge < -0.3 is 5.32 Å². The molecule has 1 fully saturated rings. The molecule has 0 aliphatic heterocycles. The van der Waals surface area contributed by atoms with Crippen molar-refractivity contribution >= 4 is 0 Å². The molecular formula is C14H22F3N3. The molecule has 1 aromatic rings. The Kier molecular flexibility index (Phi) is 5.07. The number of hydrogen-bond donors (Lipinski definition) is 1. The first-order valence-corrected chi connectivity index (χ1v) is 7.33. The van der Waals surface area contributed by atoms with Crippen LogP contribution in [0.1, 0.15) is 44.7 Å². The van der Waals surface area contributed by atoms with Crippen LogP contribution in [0.25, 0.3) is 0 Å². The number of aryl methyl sites for hydroxylation is 1. The summed E-state index contributed by atoms with van der Waals surface area (Å²) >= 11 is 0. The first kappa shape index (κ1) is 15.4. The van der Waals surface area contributed by atoms with Gasteiger partial charge in [0.05, 0.1) is 11.6 Å². The molecule has 114 valence electrons. The first-order valence-electron chi connectivity index (χ1n) is 7.33. The molecule has 1 N–H and O–H groups in total. The zero-order valence-electron chi connectivity index (χ0n) is 11.8. The van der Waals surface area contributed by atoms with E-state index in [0.717, 1.165) is 25.1 Å². The van der Waals surface area contributed by atoms with Crippen LogP contribution in [0.5, 0.6) is 0 Å². The van der Waals surface area contributed by atoms with Crippen LogP contribution in [-0.2, 0) is 13.1 Å². The molecule has 0 radical (unpaired) electrons. The number of halogens is 3. The maximum atomic E-state index is 13.0. The minimum atomic E-state index is -4.10. The Balaban J connectivity index is 1.95. The number of aromatic nitrogens is 2. The minimum Gasteiger partial charge on any atom is -0.308 e. The van der Waals surface area contributed by atoms with Gasteiger partial charge in [0.15, 0.2) is 0 Å². The number of nitrogens with zero attached hydrogens (tertiary/aromatic N) is 2. The van der Waals surface area contributed by atoms with E-state index in [0.29, 0.717) is 19.4 Å². The maximum absolute atomic E-state index is 13.0. The summed E-state index contributed by atoms with van der Waals surface area (Å²) < 4.78 is 40.9. The molecule has 0 aromatic carbocycles. The molecule has 2 rings (SSSR count). The van der Waals surface area contributed by atoms with E-state index in [9.17, 15) is 13.2 Å². The van der Waals surface area contributed by atoms with Gasteiger partial charge in [-0.25, -0.2) is 0 Å². The van der Waals surface area contributed by atoms with E-state index in [1.807, 2.05) is 10.7 Å². The Hall–Kier alpha value is -1.04. The number of alkyl halides is 3. The zero-order valence-corrected chi connectivity index (χ0v) is 11.8. The lowest BCUT2D eigenvalue weighted by molar-refractivity contribution is -0.189. The summed E-state index contributed by atoms with van der Waals surface area (Å²) in [5.41, 5.74) is 0.957. The molecule has 0 bridgehead atoms. The Bertz CT molecular complexity index is 414. The predicted octanol–water partition coefficient (Wildman–Crippen LogP) is 3.50. The second kappa shape index (κ2) is 6.61. The van der Waals surface area contributed by atoms with Crippen LogP contribution in [0, 0.1) is 5.92 Å². The van der Waals surface area contributed by atoms with Gasteiger partial charge in [0.1, 0.15) is 0 Å². The molecule has 1 aromatic heterocycles. The molecule has 6 heteroatoms. The zero-order chi connectivity index (χ0) is 14.6. The summed E-state index contributed by atoms with van der Waals surface area (Å²) in [7, 11) is 0. The van der Waals surface area contributed by atoms with E-state index in [1.165, 1.54) is 0 Å². The van der Waals surface area contributed by atoms with Crippen molar-refractivity contribution in [3.63, 3.8) is 0 Å². The Morgan fingerprint density at radius 1 is 1.35 bits per heavy atom. The predicted molar refractivity (Wildman–Crippen MR) is 71.2 cm³/mol. The Morgan fingerprint density at radius 3 is 2.80 bits per heavy atom. The van der Waals surface area contributed by atoms with Crippen LogP contribution in [0.15, 0.2) is 12.3 Å². The van der Waals surface area contributed by atoms with E-state index in [4.69, 9.17) is 0 Å². The van der Waals surface area contributed by atoms with Crippen LogP contribution < -0.4 is 5.32 Å². The highest BCUT2D eigenvalue weighted by atomic mass is 19.4. The van der Waals surface area contributed by atoms with Crippen molar-refractivity contribution in [1.29, 1.82) is 0 Å². The van der Waals surface area contributed by atoms with Crippen molar-refractivity contribution in [2.75, 3.05) is 0 Å². The quantitative estimate of drug-likeness (QED) is 0.899. The summed E-state index contributed by atoms with van der Waals surface area (Å²) in [5, 5.41) is 7.29. The molecule has 3 nitrogen and oxygen atoms in total. The highest BCUT2D eigenvalue weighted by Crippen LogP contribution is 2.37. The van der Waals surface area contributed by atoms with Crippen molar-refractivity contribution in [2.24, 2.45) is 5.92 Å². The molecular weight excluding hydrogens is 267 g/mol. The maximum Gasteiger partial charge on any atom is 0.393 e. The van der Waals surface area contributed by atoms with Crippen LogP contribution in [-0.4, -0.2) is 22.0 Å². The lowest BCUT2D eigenvalue weighted by Gasteiger charge is -2.33. The van der Waals surface area contributed by atoms with Gasteiger partial charge in [-0.2, -0.15) is 18.3 Å². The molecule has 1 heterocycles. The largest absolute Gasteiger partial charge is 0.393 e. The molecule has 1 saturated carbocycles. The highest BCUT2D eigenvalue weighted by molar-refractivity contribution is 5.01. The standard InChI is InChI=1S/C14H22F3N3/c1-2-9-20-11(7-8-19-20)10-18-13-6-4-3-5-12(13)14(15,16)17/h7-8,12-13,18H,2-6,9-10H2,1H3. The van der Waals surface area contributed by atoms with Gasteiger partial charge in [-0.1, -0.05) is 19.8 Å². The second-order valence-electron chi connectivity index (χ2n) is 5.47. The monoisotopic (exact) mass is 289 g/mol. The Labute approximate surface area is 117 Å². The first-order chi connectivity index (χ1) is 9.52. The fourth-order valence-electron chi connectivity index (χ4n) is 2.93. The van der Waals surface area contributed by atoms with Gasteiger partial charge in [-0.05, 0) is 25.3 Å². The third kappa shape index (κ3) is 3.75. The Morgan fingerprint density at radius 2 is 2.10 bits per heavy atom. The fraction of sp³-hybridized carbons (Fsp3) is 0.786. The number of rotatable bonds is 5. The van der Waals surface area contributed by atoms with Crippen LogP contribution in [0.4, 0.5) is 13.2 Å². The van der Waals surface area contributed by atoms with Gasteiger partial charge in [0.2, 0.25) is 0 Å². The highest BCUT2D eigenvalue weighted by Gasteiger charge is 2.45. The molecule has 1 aliphatic rings. The van der Waals surface area contributed by atoms with Gasteiger partial charge >= 0.3 is 6.18 Å². The molecule has 20 heavy (non-hydrogen) atoms. The molecule has 0 amide bonds. The van der Waals surface area contributed by atoms with Crippen molar-refractivity contribution in [3.8, 4) is 0 Å². The lowest BCUT2D eigenvalue weighted by atomic mass is 9.84. The van der Waals surface area contributed by atoms with E-state index >= 15 is 0 Å². The molecule has 1 aliphatic carbocycles. The molecule has 2 unspecified atom stereocenters. The number of nitrogens with one attached hydrogen (secondary N) is 1. The van der Waals surface area contributed by atoms with Gasteiger partial charge in [-0.3, -0.25) is 4.68 Å². The van der Waals surface area contributed by atoms with E-state index in [-0.39, 0.29) is 6.42 Å². The third-order valence-corrected chi connectivity index (χ3v) is 3.97. The molecule has 0 saturated heterocycles. The van der Waals surface area contributed by atoms with Crippen molar-refractivity contribution in [1.82, 2.24) is 15.1 Å². The lowest BCUT2D eigenvalue weighted by Crippen LogP contribution is -2.45. The minimum absolute atomic E-state index is 0.245. The average molecular weight is 289 g/mol. The summed E-state index contributed by atoms with van der Waals surface area (Å²) in [6, 6.07) is 1.40. The summed E-state index contributed by atoms with van der Waals surface area (Å²) in [4.78, 5) is 0.